The maximum Gasteiger partial charge on any atom is 0.0878 e. The van der Waals surface area contributed by atoms with Crippen molar-refractivity contribution in [3.8, 4) is 0 Å². The second kappa shape index (κ2) is 5.11. The molecule has 0 radical (unpaired) electrons. The van der Waals surface area contributed by atoms with Gasteiger partial charge in [0, 0.05) is 18.8 Å². The van der Waals surface area contributed by atoms with E-state index in [-0.39, 0.29) is 0 Å². The lowest BCUT2D eigenvalue weighted by Gasteiger charge is -2.27. The van der Waals surface area contributed by atoms with Crippen molar-refractivity contribution < 1.29 is 5.11 Å². The van der Waals surface area contributed by atoms with E-state index < -0.39 is 5.60 Å². The minimum absolute atomic E-state index is 0.618. The van der Waals surface area contributed by atoms with E-state index in [2.05, 4.69) is 52.8 Å². The van der Waals surface area contributed by atoms with E-state index in [4.69, 9.17) is 0 Å². The molecule has 0 amide bonds. The van der Waals surface area contributed by atoms with Crippen LogP contribution in [-0.2, 0) is 0 Å². The van der Waals surface area contributed by atoms with E-state index >= 15 is 0 Å². The summed E-state index contributed by atoms with van der Waals surface area (Å²) in [4.78, 5) is 2.19. The topological polar surface area (TPSA) is 47.5 Å². The number of anilines is 2. The summed E-state index contributed by atoms with van der Waals surface area (Å²) in [7, 11) is 0. The van der Waals surface area contributed by atoms with Crippen LogP contribution in [0.4, 0.5) is 11.4 Å². The SMILES string of the molecule is CC1=CC=C(c2ccc3c(c2)N(CC(C)(C)O)CN3)CN1. The fourth-order valence-electron chi connectivity index (χ4n) is 2.79. The van der Waals surface area contributed by atoms with Gasteiger partial charge in [-0.2, -0.15) is 0 Å². The largest absolute Gasteiger partial charge is 0.389 e. The molecule has 0 spiro atoms. The summed E-state index contributed by atoms with van der Waals surface area (Å²) in [6.45, 7) is 7.99. The normalized spacial score (nSPS) is 17.6. The van der Waals surface area contributed by atoms with Crippen LogP contribution in [0.15, 0.2) is 36.0 Å². The second-order valence-corrected chi connectivity index (χ2v) is 6.47. The summed E-state index contributed by atoms with van der Waals surface area (Å²) in [6.07, 6.45) is 4.29. The highest BCUT2D eigenvalue weighted by Gasteiger charge is 2.25. The van der Waals surface area contributed by atoms with Crippen molar-refractivity contribution in [2.45, 2.75) is 26.4 Å². The molecule has 0 saturated heterocycles. The zero-order valence-corrected chi connectivity index (χ0v) is 12.9. The first-order valence-corrected chi connectivity index (χ1v) is 7.39. The Bertz CT molecular complexity index is 611. The maximum atomic E-state index is 10.1. The van der Waals surface area contributed by atoms with Gasteiger partial charge >= 0.3 is 0 Å². The minimum Gasteiger partial charge on any atom is -0.389 e. The predicted octanol–water partition coefficient (Wildman–Crippen LogP) is 2.54. The number of dihydropyridines is 1. The van der Waals surface area contributed by atoms with Gasteiger partial charge in [-0.15, -0.1) is 0 Å². The molecule has 4 heteroatoms. The van der Waals surface area contributed by atoms with Gasteiger partial charge in [-0.25, -0.2) is 0 Å². The highest BCUT2D eigenvalue weighted by Crippen LogP contribution is 2.35. The fraction of sp³-hybridized carbons (Fsp3) is 0.412. The van der Waals surface area contributed by atoms with Crippen molar-refractivity contribution in [1.29, 1.82) is 0 Å². The van der Waals surface area contributed by atoms with E-state index in [1.54, 1.807) is 0 Å². The molecule has 1 aromatic rings. The monoisotopic (exact) mass is 285 g/mol. The van der Waals surface area contributed by atoms with Gasteiger partial charge in [0.1, 0.15) is 0 Å². The van der Waals surface area contributed by atoms with E-state index in [0.717, 1.165) is 18.9 Å². The van der Waals surface area contributed by atoms with Gasteiger partial charge in [-0.05, 0) is 50.1 Å². The first kappa shape index (κ1) is 14.0. The smallest absolute Gasteiger partial charge is 0.0878 e. The molecule has 3 N–H and O–H groups in total. The molecule has 2 heterocycles. The minimum atomic E-state index is -0.704. The molecular formula is C17H23N3O. The molecule has 4 nitrogen and oxygen atoms in total. The molecule has 1 aromatic carbocycles. The van der Waals surface area contributed by atoms with Gasteiger partial charge in [0.05, 0.1) is 23.6 Å². The highest BCUT2D eigenvalue weighted by atomic mass is 16.3. The zero-order valence-electron chi connectivity index (χ0n) is 12.9. The Morgan fingerprint density at radius 2 is 2.05 bits per heavy atom. The third-order valence-electron chi connectivity index (χ3n) is 3.84. The summed E-state index contributed by atoms with van der Waals surface area (Å²) >= 11 is 0. The number of nitrogens with zero attached hydrogens (tertiary/aromatic N) is 1. The summed E-state index contributed by atoms with van der Waals surface area (Å²) in [5.74, 6) is 0. The standard InChI is InChI=1S/C17H23N3O/c1-12-4-5-14(9-18-12)13-6-7-15-16(8-13)20(11-19-15)10-17(2,3)21/h4-8,18-19,21H,9-11H2,1-3H3. The van der Waals surface area contributed by atoms with Crippen LogP contribution in [0.5, 0.6) is 0 Å². The average molecular weight is 285 g/mol. The summed E-state index contributed by atoms with van der Waals surface area (Å²) in [5, 5.41) is 16.8. The van der Waals surface area contributed by atoms with Crippen LogP contribution >= 0.6 is 0 Å². The molecule has 0 aromatic heterocycles. The van der Waals surface area contributed by atoms with Crippen LogP contribution in [0.3, 0.4) is 0 Å². The number of rotatable bonds is 3. The molecule has 112 valence electrons. The number of aliphatic hydroxyl groups is 1. The molecule has 2 aliphatic rings. The van der Waals surface area contributed by atoms with E-state index in [9.17, 15) is 5.11 Å². The van der Waals surface area contributed by atoms with Gasteiger partial charge in [0.15, 0.2) is 0 Å². The molecule has 0 unspecified atom stereocenters. The maximum absolute atomic E-state index is 10.1. The molecule has 0 atom stereocenters. The predicted molar refractivity (Wildman–Crippen MR) is 88.3 cm³/mol. The van der Waals surface area contributed by atoms with Crippen LogP contribution in [-0.4, -0.2) is 30.5 Å². The number of nitrogens with one attached hydrogen (secondary N) is 2. The molecule has 2 aliphatic heterocycles. The van der Waals surface area contributed by atoms with Gasteiger partial charge in [-0.3, -0.25) is 0 Å². The van der Waals surface area contributed by atoms with Gasteiger partial charge < -0.3 is 20.6 Å². The second-order valence-electron chi connectivity index (χ2n) is 6.47. The number of hydrogen-bond donors (Lipinski definition) is 3. The fourth-order valence-corrected chi connectivity index (χ4v) is 2.79. The van der Waals surface area contributed by atoms with Crippen molar-refractivity contribution >= 4 is 16.9 Å². The van der Waals surface area contributed by atoms with E-state index in [1.165, 1.54) is 22.5 Å². The van der Waals surface area contributed by atoms with Crippen molar-refractivity contribution in [2.24, 2.45) is 0 Å². The van der Waals surface area contributed by atoms with Crippen LogP contribution in [0.25, 0.3) is 5.57 Å². The quantitative estimate of drug-likeness (QED) is 0.799. The number of fused-ring (bicyclic) bond motifs is 1. The number of benzene rings is 1. The van der Waals surface area contributed by atoms with Crippen molar-refractivity contribution in [1.82, 2.24) is 5.32 Å². The Balaban J connectivity index is 1.89. The Morgan fingerprint density at radius 3 is 2.71 bits per heavy atom. The number of β-amino-alcohol motifs (C(OH)–C–C–N with tert-alkyl or cyclic N) is 1. The summed E-state index contributed by atoms with van der Waals surface area (Å²) in [5.41, 5.74) is 5.32. The molecule has 0 saturated carbocycles. The lowest BCUT2D eigenvalue weighted by molar-refractivity contribution is 0.0880. The van der Waals surface area contributed by atoms with Crippen LogP contribution < -0.4 is 15.5 Å². The van der Waals surface area contributed by atoms with E-state index in [0.29, 0.717) is 6.54 Å². The molecule has 21 heavy (non-hydrogen) atoms. The van der Waals surface area contributed by atoms with Gasteiger partial charge in [0.2, 0.25) is 0 Å². The van der Waals surface area contributed by atoms with Crippen LogP contribution in [0, 0.1) is 0 Å². The number of hydrogen-bond acceptors (Lipinski definition) is 4. The summed E-state index contributed by atoms with van der Waals surface area (Å²) < 4.78 is 0. The number of allylic oxidation sites excluding steroid dienone is 3. The van der Waals surface area contributed by atoms with Crippen LogP contribution in [0.2, 0.25) is 0 Å². The Kier molecular flexibility index (Phi) is 3.41. The highest BCUT2D eigenvalue weighted by molar-refractivity contribution is 5.81. The van der Waals surface area contributed by atoms with Crippen molar-refractivity contribution in [2.75, 3.05) is 30.0 Å². The first-order chi connectivity index (χ1) is 9.92. The van der Waals surface area contributed by atoms with E-state index in [1.807, 2.05) is 13.8 Å². The molecule has 0 aliphatic carbocycles. The zero-order chi connectivity index (χ0) is 15.0. The molecular weight excluding hydrogens is 262 g/mol. The molecule has 0 fully saturated rings. The van der Waals surface area contributed by atoms with Gasteiger partial charge in [0.25, 0.3) is 0 Å². The lowest BCUT2D eigenvalue weighted by Crippen LogP contribution is -2.38. The Hall–Kier alpha value is -1.94. The molecule has 3 rings (SSSR count). The van der Waals surface area contributed by atoms with Gasteiger partial charge in [-0.1, -0.05) is 12.1 Å². The lowest BCUT2D eigenvalue weighted by atomic mass is 10.0. The Morgan fingerprint density at radius 1 is 1.24 bits per heavy atom. The average Bonchev–Trinajstić information content (AvgIpc) is 2.80. The van der Waals surface area contributed by atoms with Crippen molar-refractivity contribution in [3.05, 3.63) is 41.6 Å². The molecule has 0 bridgehead atoms. The first-order valence-electron chi connectivity index (χ1n) is 7.39. The Labute approximate surface area is 126 Å². The summed E-state index contributed by atoms with van der Waals surface area (Å²) in [6, 6.07) is 6.49. The third-order valence-corrected chi connectivity index (χ3v) is 3.84. The van der Waals surface area contributed by atoms with Crippen LogP contribution in [0.1, 0.15) is 26.3 Å². The van der Waals surface area contributed by atoms with Crippen molar-refractivity contribution in [3.63, 3.8) is 0 Å². The third kappa shape index (κ3) is 3.05.